The van der Waals surface area contributed by atoms with E-state index < -0.39 is 21.9 Å². The van der Waals surface area contributed by atoms with Gasteiger partial charge < -0.3 is 4.90 Å². The molecule has 2 rings (SSSR count). The van der Waals surface area contributed by atoms with Gasteiger partial charge in [-0.1, -0.05) is 18.9 Å². The van der Waals surface area contributed by atoms with Gasteiger partial charge in [0.2, 0.25) is 15.9 Å². The Morgan fingerprint density at radius 3 is 2.35 bits per heavy atom. The second kappa shape index (κ2) is 7.29. The first-order valence-corrected chi connectivity index (χ1v) is 9.69. The quantitative estimate of drug-likeness (QED) is 0.844. The Morgan fingerprint density at radius 1 is 1.22 bits per heavy atom. The van der Waals surface area contributed by atoms with Crippen LogP contribution in [0.5, 0.6) is 0 Å². The average Bonchev–Trinajstić information content (AvgIpc) is 2.74. The third kappa shape index (κ3) is 4.43. The van der Waals surface area contributed by atoms with Gasteiger partial charge >= 0.3 is 0 Å². The molecule has 7 heteroatoms. The van der Waals surface area contributed by atoms with E-state index in [2.05, 4.69) is 0 Å². The Bertz CT molecular complexity index is 655. The van der Waals surface area contributed by atoms with Crippen LogP contribution in [0.2, 0.25) is 0 Å². The van der Waals surface area contributed by atoms with E-state index in [1.54, 1.807) is 11.8 Å². The minimum atomic E-state index is -3.71. The molecule has 0 spiro atoms. The number of sulfonamides is 1. The predicted molar refractivity (Wildman–Crippen MR) is 88.2 cm³/mol. The first kappa shape index (κ1) is 17.7. The first-order valence-electron chi connectivity index (χ1n) is 7.84. The van der Waals surface area contributed by atoms with E-state index in [0.717, 1.165) is 42.3 Å². The molecular formula is C16H23FN2O3S. The zero-order chi connectivity index (χ0) is 17.0. The molecule has 1 aliphatic heterocycles. The summed E-state index contributed by atoms with van der Waals surface area (Å²) in [4.78, 5) is 14.4. The maximum absolute atomic E-state index is 13.5. The van der Waals surface area contributed by atoms with Crippen LogP contribution < -0.4 is 4.31 Å². The van der Waals surface area contributed by atoms with Crippen molar-refractivity contribution in [3.05, 3.63) is 30.1 Å². The van der Waals surface area contributed by atoms with E-state index in [1.165, 1.54) is 18.2 Å². The third-order valence-electron chi connectivity index (χ3n) is 4.05. The van der Waals surface area contributed by atoms with Crippen molar-refractivity contribution < 1.29 is 17.6 Å². The number of anilines is 1. The Kier molecular flexibility index (Phi) is 5.62. The molecule has 1 aliphatic rings. The Hall–Kier alpha value is -1.63. The molecule has 1 heterocycles. The van der Waals surface area contributed by atoms with E-state index in [4.69, 9.17) is 0 Å². The lowest BCUT2D eigenvalue weighted by molar-refractivity contribution is -0.131. The normalized spacial score (nSPS) is 17.4. The minimum Gasteiger partial charge on any atom is -0.341 e. The van der Waals surface area contributed by atoms with Gasteiger partial charge in [-0.05, 0) is 38.0 Å². The summed E-state index contributed by atoms with van der Waals surface area (Å²) in [5, 5.41) is 0. The molecule has 1 aromatic carbocycles. The van der Waals surface area contributed by atoms with E-state index >= 15 is 0 Å². The molecule has 5 nitrogen and oxygen atoms in total. The fraction of sp³-hybridized carbons (Fsp3) is 0.562. The molecule has 1 amide bonds. The average molecular weight is 342 g/mol. The number of rotatable bonds is 4. The predicted octanol–water partition coefficient (Wildman–Crippen LogP) is 2.38. The van der Waals surface area contributed by atoms with Crippen molar-refractivity contribution in [3.8, 4) is 0 Å². The number of hydrogen-bond donors (Lipinski definition) is 0. The molecule has 0 radical (unpaired) electrons. The molecule has 0 saturated carbocycles. The van der Waals surface area contributed by atoms with Crippen molar-refractivity contribution in [2.24, 2.45) is 0 Å². The van der Waals surface area contributed by atoms with Crippen LogP contribution in [0.3, 0.4) is 0 Å². The first-order chi connectivity index (χ1) is 10.8. The molecule has 0 aliphatic carbocycles. The van der Waals surface area contributed by atoms with Gasteiger partial charge in [-0.25, -0.2) is 12.8 Å². The highest BCUT2D eigenvalue weighted by Gasteiger charge is 2.32. The second-order valence-corrected chi connectivity index (χ2v) is 7.81. The summed E-state index contributed by atoms with van der Waals surface area (Å²) in [6.45, 7) is 2.84. The number of hydrogen-bond acceptors (Lipinski definition) is 3. The number of nitrogens with zero attached hydrogens (tertiary/aromatic N) is 2. The molecule has 1 aromatic rings. The maximum atomic E-state index is 13.5. The zero-order valence-electron chi connectivity index (χ0n) is 13.5. The van der Waals surface area contributed by atoms with Crippen molar-refractivity contribution in [2.75, 3.05) is 23.7 Å². The second-order valence-electron chi connectivity index (χ2n) is 5.95. The fourth-order valence-corrected chi connectivity index (χ4v) is 4.13. The highest BCUT2D eigenvalue weighted by molar-refractivity contribution is 7.92. The van der Waals surface area contributed by atoms with Crippen LogP contribution in [0, 0.1) is 5.82 Å². The molecule has 128 valence electrons. The van der Waals surface area contributed by atoms with Gasteiger partial charge in [0, 0.05) is 13.1 Å². The van der Waals surface area contributed by atoms with Crippen molar-refractivity contribution in [1.29, 1.82) is 0 Å². The van der Waals surface area contributed by atoms with E-state index in [-0.39, 0.29) is 11.6 Å². The smallest absolute Gasteiger partial charge is 0.246 e. The van der Waals surface area contributed by atoms with Gasteiger partial charge in [0.25, 0.3) is 0 Å². The molecule has 23 heavy (non-hydrogen) atoms. The topological polar surface area (TPSA) is 57.7 Å². The van der Waals surface area contributed by atoms with Crippen molar-refractivity contribution in [3.63, 3.8) is 0 Å². The maximum Gasteiger partial charge on any atom is 0.246 e. The number of halogens is 1. The molecule has 1 fully saturated rings. The Morgan fingerprint density at radius 2 is 1.83 bits per heavy atom. The Balaban J connectivity index is 2.30. The van der Waals surface area contributed by atoms with Crippen molar-refractivity contribution >= 4 is 21.6 Å². The van der Waals surface area contributed by atoms with E-state index in [0.29, 0.717) is 13.1 Å². The van der Waals surface area contributed by atoms with Crippen LogP contribution in [0.1, 0.15) is 32.6 Å². The summed E-state index contributed by atoms with van der Waals surface area (Å²) in [5.74, 6) is -0.771. The number of carbonyl (C=O) groups is 1. The minimum absolute atomic E-state index is 0.170. The van der Waals surface area contributed by atoms with Crippen LogP contribution in [0.15, 0.2) is 24.3 Å². The number of carbonyl (C=O) groups excluding carboxylic acids is 1. The molecule has 0 bridgehead atoms. The molecule has 1 atom stereocenters. The summed E-state index contributed by atoms with van der Waals surface area (Å²) >= 11 is 0. The monoisotopic (exact) mass is 342 g/mol. The van der Waals surface area contributed by atoms with E-state index in [1.807, 2.05) is 0 Å². The largest absolute Gasteiger partial charge is 0.341 e. The molecule has 0 unspecified atom stereocenters. The summed E-state index contributed by atoms with van der Waals surface area (Å²) in [7, 11) is -3.71. The van der Waals surface area contributed by atoms with Gasteiger partial charge in [0.05, 0.1) is 11.9 Å². The van der Waals surface area contributed by atoms with Crippen LogP contribution in [0.4, 0.5) is 10.1 Å². The molecule has 0 aromatic heterocycles. The summed E-state index contributed by atoms with van der Waals surface area (Å²) in [6, 6.07) is 4.41. The SMILES string of the molecule is C[C@H](C(=O)N1CCCCCC1)N(c1cccc(F)c1)S(C)(=O)=O. The van der Waals surface area contributed by atoms with Crippen LogP contribution >= 0.6 is 0 Å². The van der Waals surface area contributed by atoms with Crippen LogP contribution in [0.25, 0.3) is 0 Å². The fourth-order valence-electron chi connectivity index (χ4n) is 2.97. The van der Waals surface area contributed by atoms with E-state index in [9.17, 15) is 17.6 Å². The zero-order valence-corrected chi connectivity index (χ0v) is 14.4. The highest BCUT2D eigenvalue weighted by Crippen LogP contribution is 2.23. The van der Waals surface area contributed by atoms with Gasteiger partial charge in [-0.15, -0.1) is 0 Å². The van der Waals surface area contributed by atoms with Crippen LogP contribution in [-0.2, 0) is 14.8 Å². The van der Waals surface area contributed by atoms with Crippen LogP contribution in [-0.4, -0.2) is 44.6 Å². The van der Waals surface area contributed by atoms with Crippen molar-refractivity contribution in [2.45, 2.75) is 38.6 Å². The lowest BCUT2D eigenvalue weighted by Gasteiger charge is -2.32. The summed E-state index contributed by atoms with van der Waals surface area (Å²) in [5.41, 5.74) is 0.170. The highest BCUT2D eigenvalue weighted by atomic mass is 32.2. The summed E-state index contributed by atoms with van der Waals surface area (Å²) in [6.07, 6.45) is 5.05. The standard InChI is InChI=1S/C16H23FN2O3S/c1-13(16(20)18-10-5-3-4-6-11-18)19(23(2,21)22)15-9-7-8-14(17)12-15/h7-9,12-13H,3-6,10-11H2,1-2H3/t13-/m1/s1. The molecular weight excluding hydrogens is 319 g/mol. The molecule has 1 saturated heterocycles. The van der Waals surface area contributed by atoms with Gasteiger partial charge in [0.15, 0.2) is 0 Å². The lowest BCUT2D eigenvalue weighted by Crippen LogP contribution is -2.49. The van der Waals surface area contributed by atoms with Crippen molar-refractivity contribution in [1.82, 2.24) is 4.90 Å². The number of amides is 1. The van der Waals surface area contributed by atoms with Gasteiger partial charge in [-0.2, -0.15) is 0 Å². The number of likely N-dealkylation sites (tertiary alicyclic amines) is 1. The Labute approximate surface area is 137 Å². The lowest BCUT2D eigenvalue weighted by atomic mass is 10.2. The number of benzene rings is 1. The summed E-state index contributed by atoms with van der Waals surface area (Å²) < 4.78 is 38.8. The van der Waals surface area contributed by atoms with Gasteiger partial charge in [0.1, 0.15) is 11.9 Å². The van der Waals surface area contributed by atoms with Gasteiger partial charge in [-0.3, -0.25) is 9.10 Å². The molecule has 0 N–H and O–H groups in total. The third-order valence-corrected chi connectivity index (χ3v) is 5.29.